The molecule has 1 N–H and O–H groups in total. The predicted molar refractivity (Wildman–Crippen MR) is 51.2 cm³/mol. The van der Waals surface area contributed by atoms with Crippen molar-refractivity contribution in [3.05, 3.63) is 0 Å². The lowest BCUT2D eigenvalue weighted by molar-refractivity contribution is 0.0200. The molecular weight excluding hydrogens is 214 g/mol. The van der Waals surface area contributed by atoms with Gasteiger partial charge in [-0.15, -0.1) is 11.6 Å². The molecule has 1 atom stereocenters. The molecule has 0 aromatic carbocycles. The first-order valence-electron chi connectivity index (χ1n) is 4.29. The molecule has 78 valence electrons. The summed E-state index contributed by atoms with van der Waals surface area (Å²) in [7, 11) is -3.28. The van der Waals surface area contributed by atoms with Crippen LogP contribution in [0.15, 0.2) is 0 Å². The minimum atomic E-state index is -3.28. The van der Waals surface area contributed by atoms with Gasteiger partial charge in [-0.1, -0.05) is 0 Å². The van der Waals surface area contributed by atoms with Gasteiger partial charge in [-0.05, 0) is 19.3 Å². The Kier molecular flexibility index (Phi) is 4.45. The van der Waals surface area contributed by atoms with E-state index in [1.807, 2.05) is 0 Å². The first-order chi connectivity index (χ1) is 6.14. The normalized spacial score (nSPS) is 24.5. The van der Waals surface area contributed by atoms with Crippen LogP contribution in [0.5, 0.6) is 0 Å². The monoisotopic (exact) mass is 227 g/mol. The summed E-state index contributed by atoms with van der Waals surface area (Å²) in [5.41, 5.74) is 0. The first kappa shape index (κ1) is 11.2. The summed E-state index contributed by atoms with van der Waals surface area (Å²) in [6.07, 6.45) is 3.11. The molecule has 6 heteroatoms. The first-order valence-corrected chi connectivity index (χ1v) is 6.47. The maximum Gasteiger partial charge on any atom is 0.225 e. The van der Waals surface area contributed by atoms with Crippen LogP contribution in [-0.4, -0.2) is 32.9 Å². The third-order valence-corrected chi connectivity index (χ3v) is 3.70. The Morgan fingerprint density at radius 2 is 2.23 bits per heavy atom. The smallest absolute Gasteiger partial charge is 0.225 e. The molecule has 1 aliphatic rings. The Bertz CT molecular complexity index is 236. The van der Waals surface area contributed by atoms with Crippen LogP contribution >= 0.6 is 11.6 Å². The molecular formula is C7H14ClNO3S. The quantitative estimate of drug-likeness (QED) is 0.719. The van der Waals surface area contributed by atoms with Crippen molar-refractivity contribution in [1.82, 2.24) is 4.72 Å². The lowest BCUT2D eigenvalue weighted by Gasteiger charge is -2.22. The van der Waals surface area contributed by atoms with Crippen LogP contribution in [0.4, 0.5) is 0 Å². The second-order valence-corrected chi connectivity index (χ2v) is 5.45. The average Bonchev–Trinajstić information content (AvgIpc) is 2.17. The van der Waals surface area contributed by atoms with Gasteiger partial charge in [0, 0.05) is 13.2 Å². The molecule has 0 radical (unpaired) electrons. The zero-order valence-corrected chi connectivity index (χ0v) is 8.90. The van der Waals surface area contributed by atoms with Crippen molar-refractivity contribution in [1.29, 1.82) is 0 Å². The molecule has 1 aliphatic heterocycles. The molecule has 0 bridgehead atoms. The number of alkyl halides is 1. The lowest BCUT2D eigenvalue weighted by Crippen LogP contribution is -2.35. The Balaban J connectivity index is 2.25. The van der Waals surface area contributed by atoms with Crippen molar-refractivity contribution in [2.45, 2.75) is 25.4 Å². The van der Waals surface area contributed by atoms with Gasteiger partial charge in [0.25, 0.3) is 0 Å². The summed E-state index contributed by atoms with van der Waals surface area (Å²) in [6, 6.07) is 0. The Morgan fingerprint density at radius 3 is 2.77 bits per heavy atom. The summed E-state index contributed by atoms with van der Waals surface area (Å²) >= 11 is 5.22. The van der Waals surface area contributed by atoms with Crippen LogP contribution in [0.25, 0.3) is 0 Å². The molecule has 0 aromatic rings. The van der Waals surface area contributed by atoms with Crippen LogP contribution in [0.1, 0.15) is 19.3 Å². The molecule has 0 aromatic heterocycles. The van der Waals surface area contributed by atoms with Gasteiger partial charge in [-0.25, -0.2) is 13.1 Å². The molecule has 1 unspecified atom stereocenters. The van der Waals surface area contributed by atoms with Gasteiger partial charge in [0.2, 0.25) is 10.0 Å². The average molecular weight is 228 g/mol. The van der Waals surface area contributed by atoms with E-state index in [1.165, 1.54) is 0 Å². The van der Waals surface area contributed by atoms with E-state index >= 15 is 0 Å². The zero-order chi connectivity index (χ0) is 9.73. The highest BCUT2D eigenvalue weighted by molar-refractivity contribution is 7.90. The van der Waals surface area contributed by atoms with E-state index < -0.39 is 10.0 Å². The van der Waals surface area contributed by atoms with Gasteiger partial charge >= 0.3 is 0 Å². The van der Waals surface area contributed by atoms with E-state index in [-0.39, 0.29) is 11.3 Å². The summed E-state index contributed by atoms with van der Waals surface area (Å²) in [4.78, 5) is 0. The number of halogens is 1. The van der Waals surface area contributed by atoms with E-state index in [9.17, 15) is 8.42 Å². The molecule has 4 nitrogen and oxygen atoms in total. The Labute approximate surface area is 83.7 Å². The molecule has 0 aliphatic carbocycles. The molecule has 0 amide bonds. The molecule has 0 saturated carbocycles. The van der Waals surface area contributed by atoms with Crippen LogP contribution in [-0.2, 0) is 14.8 Å². The molecule has 0 spiro atoms. The summed E-state index contributed by atoms with van der Waals surface area (Å²) in [5, 5.41) is -0.389. The fourth-order valence-corrected chi connectivity index (χ4v) is 1.98. The molecule has 13 heavy (non-hydrogen) atoms. The molecule has 1 fully saturated rings. The zero-order valence-electron chi connectivity index (χ0n) is 7.33. The number of rotatable bonds is 4. The Morgan fingerprint density at radius 1 is 1.46 bits per heavy atom. The topological polar surface area (TPSA) is 55.4 Å². The highest BCUT2D eigenvalue weighted by atomic mass is 35.5. The molecule has 1 heterocycles. The van der Waals surface area contributed by atoms with E-state index in [1.54, 1.807) is 0 Å². The van der Waals surface area contributed by atoms with E-state index in [2.05, 4.69) is 4.72 Å². The standard InChI is InChI=1S/C7H14ClNO3S/c8-6-13(10,11)9-5-7-3-1-2-4-12-7/h7,9H,1-6H2. The highest BCUT2D eigenvalue weighted by Gasteiger charge is 2.16. The summed E-state index contributed by atoms with van der Waals surface area (Å²) in [5.74, 6) is 0. The van der Waals surface area contributed by atoms with E-state index in [0.717, 1.165) is 25.9 Å². The maximum atomic E-state index is 10.9. The number of nitrogens with one attached hydrogen (secondary N) is 1. The number of hydrogen-bond donors (Lipinski definition) is 1. The third-order valence-electron chi connectivity index (χ3n) is 1.95. The van der Waals surface area contributed by atoms with Crippen LogP contribution in [0, 0.1) is 0 Å². The van der Waals surface area contributed by atoms with Crippen molar-refractivity contribution in [2.75, 3.05) is 18.4 Å². The minimum Gasteiger partial charge on any atom is -0.377 e. The van der Waals surface area contributed by atoms with Crippen LogP contribution in [0.3, 0.4) is 0 Å². The SMILES string of the molecule is O=S(=O)(CCl)NCC1CCCCO1. The van der Waals surface area contributed by atoms with Gasteiger partial charge in [0.15, 0.2) is 0 Å². The molecule has 1 rings (SSSR count). The van der Waals surface area contributed by atoms with Crippen molar-refractivity contribution in [3.8, 4) is 0 Å². The molecule has 1 saturated heterocycles. The van der Waals surface area contributed by atoms with Gasteiger partial charge in [0.1, 0.15) is 5.21 Å². The van der Waals surface area contributed by atoms with Gasteiger partial charge in [0.05, 0.1) is 6.10 Å². The van der Waals surface area contributed by atoms with E-state index in [4.69, 9.17) is 16.3 Å². The van der Waals surface area contributed by atoms with Crippen LogP contribution < -0.4 is 4.72 Å². The third kappa shape index (κ3) is 4.26. The van der Waals surface area contributed by atoms with E-state index in [0.29, 0.717) is 6.54 Å². The van der Waals surface area contributed by atoms with Gasteiger partial charge in [-0.3, -0.25) is 0 Å². The summed E-state index contributed by atoms with van der Waals surface area (Å²) < 4.78 is 29.6. The van der Waals surface area contributed by atoms with Crippen molar-refractivity contribution >= 4 is 21.6 Å². The fourth-order valence-electron chi connectivity index (χ4n) is 1.23. The largest absolute Gasteiger partial charge is 0.377 e. The second-order valence-electron chi connectivity index (χ2n) is 3.06. The maximum absolute atomic E-state index is 10.9. The fraction of sp³-hybridized carbons (Fsp3) is 1.00. The number of ether oxygens (including phenoxy) is 1. The second kappa shape index (κ2) is 5.14. The van der Waals surface area contributed by atoms with Gasteiger partial charge in [-0.2, -0.15) is 0 Å². The van der Waals surface area contributed by atoms with Crippen LogP contribution in [0.2, 0.25) is 0 Å². The number of sulfonamides is 1. The van der Waals surface area contributed by atoms with Gasteiger partial charge < -0.3 is 4.74 Å². The Hall–Kier alpha value is 0.160. The minimum absolute atomic E-state index is 0.0201. The van der Waals surface area contributed by atoms with Crippen molar-refractivity contribution in [3.63, 3.8) is 0 Å². The van der Waals surface area contributed by atoms with Crippen molar-refractivity contribution in [2.24, 2.45) is 0 Å². The number of hydrogen-bond acceptors (Lipinski definition) is 3. The lowest BCUT2D eigenvalue weighted by atomic mass is 10.1. The highest BCUT2D eigenvalue weighted by Crippen LogP contribution is 2.11. The summed E-state index contributed by atoms with van der Waals surface area (Å²) in [6.45, 7) is 1.07. The predicted octanol–water partition coefficient (Wildman–Crippen LogP) is 0.671. The van der Waals surface area contributed by atoms with Crippen molar-refractivity contribution < 1.29 is 13.2 Å².